The second-order valence-electron chi connectivity index (χ2n) is 14.8. The summed E-state index contributed by atoms with van der Waals surface area (Å²) in [4.78, 5) is 29.5. The van der Waals surface area contributed by atoms with E-state index in [1.807, 2.05) is 6.92 Å². The van der Waals surface area contributed by atoms with Gasteiger partial charge in [0.1, 0.15) is 29.7 Å². The minimum atomic E-state index is -1.86. The van der Waals surface area contributed by atoms with Crippen LogP contribution in [0.5, 0.6) is 5.75 Å². The second kappa shape index (κ2) is 11.6. The van der Waals surface area contributed by atoms with Crippen molar-refractivity contribution in [3.8, 4) is 5.75 Å². The van der Waals surface area contributed by atoms with E-state index in [-0.39, 0.29) is 24.6 Å². The van der Waals surface area contributed by atoms with E-state index in [0.29, 0.717) is 25.3 Å². The molecule has 3 N–H and O–H groups in total. The zero-order chi connectivity index (χ0) is 34.6. The summed E-state index contributed by atoms with van der Waals surface area (Å²) in [6.07, 6.45) is -5.64. The molecule has 1 spiro atoms. The number of piperidine rings is 1. The maximum atomic E-state index is 13.9. The van der Waals surface area contributed by atoms with Crippen molar-refractivity contribution in [3.05, 3.63) is 29.8 Å². The van der Waals surface area contributed by atoms with Crippen LogP contribution in [0.3, 0.4) is 0 Å². The van der Waals surface area contributed by atoms with Gasteiger partial charge in [-0.15, -0.1) is 0 Å². The Hall–Kier alpha value is -2.36. The Bertz CT molecular complexity index is 1430. The lowest BCUT2D eigenvalue weighted by Crippen LogP contribution is -2.81. The lowest BCUT2D eigenvalue weighted by Gasteiger charge is -2.70. The molecule has 0 aromatic heterocycles. The molecule has 0 radical (unpaired) electrons. The number of esters is 2. The number of fused-ring (bicyclic) bond motifs is 2. The molecule has 5 saturated carbocycles. The maximum absolute atomic E-state index is 13.9. The van der Waals surface area contributed by atoms with E-state index >= 15 is 0 Å². The predicted octanol–water partition coefficient (Wildman–Crippen LogP) is 0.657. The number of carbonyl (C=O) groups is 2. The van der Waals surface area contributed by atoms with Crippen molar-refractivity contribution in [2.24, 2.45) is 34.5 Å². The molecule has 1 aromatic carbocycles. The van der Waals surface area contributed by atoms with Gasteiger partial charge in [-0.05, 0) is 43.1 Å². The third-order valence-electron chi connectivity index (χ3n) is 13.5. The number of hydrogen-bond acceptors (Lipinski definition) is 13. The zero-order valence-electron chi connectivity index (χ0n) is 28.7. The zero-order valence-corrected chi connectivity index (χ0v) is 28.7. The van der Waals surface area contributed by atoms with Crippen LogP contribution in [-0.4, -0.2) is 141 Å². The molecule has 13 nitrogen and oxygen atoms in total. The number of aliphatic hydroxyl groups excluding tert-OH is 2. The number of likely N-dealkylation sites (tertiary alicyclic amines) is 1. The van der Waals surface area contributed by atoms with Crippen LogP contribution >= 0.6 is 0 Å². The molecule has 6 aliphatic rings. The molecular weight excluding hydrogens is 626 g/mol. The summed E-state index contributed by atoms with van der Waals surface area (Å²) in [5.74, 6) is -3.23. The Morgan fingerprint density at radius 2 is 1.69 bits per heavy atom. The normalized spacial score (nSPS) is 48.2. The van der Waals surface area contributed by atoms with Crippen molar-refractivity contribution in [2.45, 2.75) is 80.6 Å². The van der Waals surface area contributed by atoms with Crippen LogP contribution in [0, 0.1) is 34.5 Å². The van der Waals surface area contributed by atoms with Crippen LogP contribution in [0.1, 0.15) is 37.0 Å². The van der Waals surface area contributed by atoms with Gasteiger partial charge in [0.05, 0.1) is 37.6 Å². The molecule has 6 fully saturated rings. The molecule has 13 heteroatoms. The van der Waals surface area contributed by atoms with Gasteiger partial charge in [-0.25, -0.2) is 4.79 Å². The molecule has 48 heavy (non-hydrogen) atoms. The van der Waals surface area contributed by atoms with E-state index in [2.05, 4.69) is 4.90 Å². The van der Waals surface area contributed by atoms with E-state index in [0.717, 1.165) is 0 Å². The minimum absolute atomic E-state index is 0.0591. The third kappa shape index (κ3) is 3.90. The van der Waals surface area contributed by atoms with Crippen LogP contribution in [0.4, 0.5) is 0 Å². The van der Waals surface area contributed by atoms with Crippen LogP contribution in [0.15, 0.2) is 24.3 Å². The van der Waals surface area contributed by atoms with Gasteiger partial charge in [-0.1, -0.05) is 6.92 Å². The van der Waals surface area contributed by atoms with E-state index in [1.165, 1.54) is 21.1 Å². The SMILES string of the molecule is CCN1C[C@]2(COC)[C@H](O)C[C@H](OC)[C@]34C1C([C@H](OC)[C@H]23)[C@]1(OC(C)=O)[C@H]2[C@@H](OC(=O)c3ccc(OC)cc3)[C@](O)(C[C@H]24)[C@@H](OC)[C@@H]1O. The van der Waals surface area contributed by atoms with Gasteiger partial charge in [0, 0.05) is 83.0 Å². The first-order valence-electron chi connectivity index (χ1n) is 16.9. The Morgan fingerprint density at radius 3 is 2.25 bits per heavy atom. The molecule has 266 valence electrons. The maximum Gasteiger partial charge on any atom is 0.338 e. The molecule has 7 bridgehead atoms. The number of aliphatic hydroxyl groups is 3. The summed E-state index contributed by atoms with van der Waals surface area (Å²) in [7, 11) is 7.77. The van der Waals surface area contributed by atoms with Crippen LogP contribution in [0.25, 0.3) is 0 Å². The highest BCUT2D eigenvalue weighted by Crippen LogP contribution is 2.80. The number of hydrogen-bond donors (Lipinski definition) is 3. The lowest BCUT2D eigenvalue weighted by atomic mass is 9.42. The van der Waals surface area contributed by atoms with E-state index in [1.54, 1.807) is 45.6 Å². The Labute approximate surface area is 280 Å². The molecular formula is C35H49NO12. The molecule has 1 aliphatic heterocycles. The van der Waals surface area contributed by atoms with Gasteiger partial charge in [0.2, 0.25) is 0 Å². The van der Waals surface area contributed by atoms with Crippen molar-refractivity contribution in [2.75, 3.05) is 55.2 Å². The number of rotatable bonds is 10. The molecule has 5 aliphatic carbocycles. The number of ether oxygens (including phenoxy) is 7. The Kier molecular flexibility index (Phi) is 8.24. The van der Waals surface area contributed by atoms with E-state index in [4.69, 9.17) is 33.2 Å². The smallest absolute Gasteiger partial charge is 0.338 e. The van der Waals surface area contributed by atoms with Gasteiger partial charge < -0.3 is 48.5 Å². The fraction of sp³-hybridized carbons (Fsp3) is 0.771. The highest BCUT2D eigenvalue weighted by molar-refractivity contribution is 5.89. The standard InChI is InChI=1S/C35H49NO12/c1-8-36-15-32(16-42-3)21(38)13-22(44-5)34-20-14-33(41)29(47-31(40)18-9-11-19(43-4)12-10-18)23(20)35(48-17(2)37,28(39)30(33)46-7)24(27(34)36)25(45-6)26(32)34/h9-12,20-30,38-39,41H,8,13-16H2,1-7H3/t20-,21-,22+,23-,24?,25+,26-,27?,28+,29-,30+,32+,33-,34+,35-/m1/s1. The van der Waals surface area contributed by atoms with Crippen molar-refractivity contribution >= 4 is 11.9 Å². The van der Waals surface area contributed by atoms with Gasteiger partial charge in [0.15, 0.2) is 5.60 Å². The molecule has 1 saturated heterocycles. The largest absolute Gasteiger partial charge is 0.497 e. The topological polar surface area (TPSA) is 163 Å². The Morgan fingerprint density at radius 1 is 0.979 bits per heavy atom. The first-order valence-corrected chi connectivity index (χ1v) is 16.9. The van der Waals surface area contributed by atoms with Crippen molar-refractivity contribution < 1.29 is 58.1 Å². The van der Waals surface area contributed by atoms with Crippen LogP contribution < -0.4 is 4.74 Å². The quantitative estimate of drug-likeness (QED) is 0.297. The second-order valence-corrected chi connectivity index (χ2v) is 14.8. The highest BCUT2D eigenvalue weighted by Gasteiger charge is 2.92. The Balaban J connectivity index is 1.50. The summed E-state index contributed by atoms with van der Waals surface area (Å²) in [6.45, 7) is 4.64. The van der Waals surface area contributed by atoms with Crippen molar-refractivity contribution in [1.82, 2.24) is 4.90 Å². The molecule has 15 atom stereocenters. The van der Waals surface area contributed by atoms with Crippen LogP contribution in [0.2, 0.25) is 0 Å². The number of methoxy groups -OCH3 is 5. The van der Waals surface area contributed by atoms with Gasteiger partial charge in [-0.2, -0.15) is 0 Å². The van der Waals surface area contributed by atoms with E-state index < -0.39 is 94.3 Å². The average Bonchev–Trinajstić information content (AvgIpc) is 3.44. The van der Waals surface area contributed by atoms with E-state index in [9.17, 15) is 24.9 Å². The lowest BCUT2D eigenvalue weighted by molar-refractivity contribution is -0.322. The summed E-state index contributed by atoms with van der Waals surface area (Å²) in [6, 6.07) is 6.10. The van der Waals surface area contributed by atoms with Crippen molar-refractivity contribution in [1.29, 1.82) is 0 Å². The van der Waals surface area contributed by atoms with Gasteiger partial charge in [0.25, 0.3) is 0 Å². The average molecular weight is 676 g/mol. The molecule has 2 unspecified atom stereocenters. The highest BCUT2D eigenvalue weighted by atomic mass is 16.6. The monoisotopic (exact) mass is 675 g/mol. The summed E-state index contributed by atoms with van der Waals surface area (Å²) in [5.41, 5.74) is -4.94. The molecule has 1 aromatic rings. The first-order chi connectivity index (χ1) is 22.9. The molecule has 0 amide bonds. The fourth-order valence-corrected chi connectivity index (χ4v) is 12.5. The number of carbonyl (C=O) groups excluding carboxylic acids is 2. The first kappa shape index (κ1) is 34.1. The molecule has 1 heterocycles. The molecule has 7 rings (SSSR count). The number of benzene rings is 1. The minimum Gasteiger partial charge on any atom is -0.497 e. The fourth-order valence-electron chi connectivity index (χ4n) is 12.5. The summed E-state index contributed by atoms with van der Waals surface area (Å²) >= 11 is 0. The van der Waals surface area contributed by atoms with Crippen LogP contribution in [-0.2, 0) is 33.2 Å². The third-order valence-corrected chi connectivity index (χ3v) is 13.5. The van der Waals surface area contributed by atoms with Gasteiger partial charge in [-0.3, -0.25) is 9.69 Å². The van der Waals surface area contributed by atoms with Gasteiger partial charge >= 0.3 is 11.9 Å². The summed E-state index contributed by atoms with van der Waals surface area (Å²) in [5, 5.41) is 37.4. The number of nitrogens with zero attached hydrogens (tertiary/aromatic N) is 1. The summed E-state index contributed by atoms with van der Waals surface area (Å²) < 4.78 is 42.7. The predicted molar refractivity (Wildman–Crippen MR) is 167 cm³/mol. The van der Waals surface area contributed by atoms with Crippen molar-refractivity contribution in [3.63, 3.8) is 0 Å².